The van der Waals surface area contributed by atoms with Crippen LogP contribution in [0.2, 0.25) is 0 Å². The van der Waals surface area contributed by atoms with Gasteiger partial charge < -0.3 is 25.0 Å². The van der Waals surface area contributed by atoms with E-state index >= 15 is 0 Å². The summed E-state index contributed by atoms with van der Waals surface area (Å²) in [5.74, 6) is 5.60. The van der Waals surface area contributed by atoms with E-state index in [4.69, 9.17) is 15.2 Å². The van der Waals surface area contributed by atoms with Gasteiger partial charge in [-0.2, -0.15) is 5.10 Å². The predicted molar refractivity (Wildman–Crippen MR) is 131 cm³/mol. The zero-order valence-corrected chi connectivity index (χ0v) is 20.0. The quantitative estimate of drug-likeness (QED) is 0.364. The Hall–Kier alpha value is -3.94. The van der Waals surface area contributed by atoms with Crippen LogP contribution in [0, 0.1) is 11.8 Å². The number of primary amides is 1. The highest BCUT2D eigenvalue weighted by Crippen LogP contribution is 2.28. The minimum Gasteiger partial charge on any atom is -0.378 e. The molecular weight excluding hydrogens is 448 g/mol. The van der Waals surface area contributed by atoms with E-state index in [9.17, 15) is 9.59 Å². The molecule has 0 aliphatic carbocycles. The number of carbonyl (C=O) groups excluding carboxylic acids is 2. The van der Waals surface area contributed by atoms with Crippen LogP contribution in [-0.2, 0) is 14.3 Å². The van der Waals surface area contributed by atoms with Gasteiger partial charge in [0.15, 0.2) is 11.3 Å². The maximum absolute atomic E-state index is 12.2. The highest BCUT2D eigenvalue weighted by molar-refractivity contribution is 6.04. The van der Waals surface area contributed by atoms with Crippen molar-refractivity contribution < 1.29 is 19.1 Å². The fraction of sp³-hybridized carbons (Fsp3) is 0.360. The highest BCUT2D eigenvalue weighted by atomic mass is 16.5. The first kappa shape index (κ1) is 24.2. The van der Waals surface area contributed by atoms with Crippen LogP contribution in [0.25, 0.3) is 16.7 Å². The molecule has 1 atom stereocenters. The van der Waals surface area contributed by atoms with Crippen LogP contribution in [0.4, 0.5) is 5.69 Å². The average molecular weight is 477 g/mol. The Kier molecular flexibility index (Phi) is 7.29. The van der Waals surface area contributed by atoms with Crippen LogP contribution in [-0.4, -0.2) is 85.1 Å². The Bertz CT molecular complexity index is 1290. The molecule has 35 heavy (non-hydrogen) atoms. The Morgan fingerprint density at radius 1 is 1.31 bits per heavy atom. The third-order valence-corrected chi connectivity index (χ3v) is 5.96. The van der Waals surface area contributed by atoms with Crippen molar-refractivity contribution in [2.75, 3.05) is 45.8 Å². The number of fused-ring (bicyclic) bond motifs is 1. The topological polar surface area (TPSA) is 116 Å². The maximum atomic E-state index is 12.2. The number of ether oxygens (including phenoxy) is 2. The molecular formula is C25H28N6O4. The summed E-state index contributed by atoms with van der Waals surface area (Å²) < 4.78 is 12.4. The standard InChI is InChI=1S/C25H28N6O4/c1-29(16-32)10-9-20(34-2)8-7-17-5-4-6-18(11-17)31-25-22(23(28-31)24(26)33)12-19(13-27-25)30-14-21(15-30)35-3/h4-6,11-13,16,20-21H,9-10,14-15H2,1-3H3,(H2,26,33). The molecule has 10 heteroatoms. The lowest BCUT2D eigenvalue weighted by molar-refractivity contribution is -0.117. The molecule has 10 nitrogen and oxygen atoms in total. The summed E-state index contributed by atoms with van der Waals surface area (Å²) in [5, 5.41) is 5.06. The van der Waals surface area contributed by atoms with Crippen LogP contribution in [0.3, 0.4) is 0 Å². The van der Waals surface area contributed by atoms with E-state index < -0.39 is 5.91 Å². The SMILES string of the molecule is COC(C#Cc1cccc(-n2nc(C(N)=O)c3cc(N4CC(OC)C4)cnc32)c1)CCN(C)C=O. The summed E-state index contributed by atoms with van der Waals surface area (Å²) >= 11 is 0. The predicted octanol–water partition coefficient (Wildman–Crippen LogP) is 1.20. The van der Waals surface area contributed by atoms with Crippen molar-refractivity contribution in [3.63, 3.8) is 0 Å². The molecule has 1 aliphatic rings. The van der Waals surface area contributed by atoms with E-state index in [1.54, 1.807) is 37.0 Å². The summed E-state index contributed by atoms with van der Waals surface area (Å²) in [6.07, 6.45) is 3.01. The van der Waals surface area contributed by atoms with Gasteiger partial charge in [0, 0.05) is 52.9 Å². The van der Waals surface area contributed by atoms with E-state index in [1.807, 2.05) is 30.3 Å². The first-order valence-corrected chi connectivity index (χ1v) is 11.2. The summed E-state index contributed by atoms with van der Waals surface area (Å²) in [6, 6.07) is 9.36. The molecule has 4 rings (SSSR count). The number of carbonyl (C=O) groups is 2. The van der Waals surface area contributed by atoms with Gasteiger partial charge in [-0.3, -0.25) is 9.59 Å². The third-order valence-electron chi connectivity index (χ3n) is 5.96. The van der Waals surface area contributed by atoms with E-state index in [2.05, 4.69) is 26.8 Å². The summed E-state index contributed by atoms with van der Waals surface area (Å²) in [4.78, 5) is 31.2. The molecule has 0 bridgehead atoms. The number of rotatable bonds is 9. The normalized spacial score (nSPS) is 14.2. The molecule has 2 N–H and O–H groups in total. The van der Waals surface area contributed by atoms with Gasteiger partial charge in [0.2, 0.25) is 6.41 Å². The second-order valence-electron chi connectivity index (χ2n) is 8.37. The molecule has 1 aromatic carbocycles. The number of methoxy groups -OCH3 is 2. The lowest BCUT2D eigenvalue weighted by atomic mass is 10.1. The first-order valence-electron chi connectivity index (χ1n) is 11.2. The molecule has 0 spiro atoms. The van der Waals surface area contributed by atoms with Crippen molar-refractivity contribution in [2.24, 2.45) is 5.73 Å². The van der Waals surface area contributed by atoms with Gasteiger partial charge in [-0.25, -0.2) is 9.67 Å². The molecule has 1 unspecified atom stereocenters. The van der Waals surface area contributed by atoms with Gasteiger partial charge >= 0.3 is 0 Å². The van der Waals surface area contributed by atoms with Gasteiger partial charge in [0.1, 0.15) is 6.10 Å². The number of aromatic nitrogens is 3. The van der Waals surface area contributed by atoms with Gasteiger partial charge in [-0.05, 0) is 24.3 Å². The Balaban J connectivity index is 1.63. The Morgan fingerprint density at radius 3 is 2.80 bits per heavy atom. The lowest BCUT2D eigenvalue weighted by Gasteiger charge is -2.39. The van der Waals surface area contributed by atoms with Gasteiger partial charge in [-0.1, -0.05) is 17.9 Å². The number of nitrogens with zero attached hydrogens (tertiary/aromatic N) is 5. The molecule has 0 radical (unpaired) electrons. The molecule has 0 saturated carbocycles. The molecule has 1 saturated heterocycles. The molecule has 1 fully saturated rings. The Morgan fingerprint density at radius 2 is 2.11 bits per heavy atom. The number of anilines is 1. The molecule has 3 heterocycles. The van der Waals surface area contributed by atoms with E-state index in [-0.39, 0.29) is 17.9 Å². The number of amides is 2. The summed E-state index contributed by atoms with van der Waals surface area (Å²) in [7, 11) is 4.99. The lowest BCUT2D eigenvalue weighted by Crippen LogP contribution is -2.51. The zero-order valence-electron chi connectivity index (χ0n) is 20.0. The number of hydrogen-bond acceptors (Lipinski definition) is 7. The fourth-order valence-corrected chi connectivity index (χ4v) is 3.83. The van der Waals surface area contributed by atoms with Crippen LogP contribution in [0.1, 0.15) is 22.5 Å². The Labute approximate surface area is 203 Å². The minimum atomic E-state index is -0.620. The second-order valence-corrected chi connectivity index (χ2v) is 8.37. The fourth-order valence-electron chi connectivity index (χ4n) is 3.83. The van der Waals surface area contributed by atoms with Crippen LogP contribution in [0.15, 0.2) is 36.5 Å². The molecule has 2 aromatic heterocycles. The van der Waals surface area contributed by atoms with Crippen LogP contribution >= 0.6 is 0 Å². The maximum Gasteiger partial charge on any atom is 0.269 e. The van der Waals surface area contributed by atoms with Crippen molar-refractivity contribution >= 4 is 29.0 Å². The summed E-state index contributed by atoms with van der Waals surface area (Å²) in [6.45, 7) is 2.07. The van der Waals surface area contributed by atoms with E-state index in [1.165, 1.54) is 0 Å². The number of nitrogens with two attached hydrogens (primary N) is 1. The van der Waals surface area contributed by atoms with Crippen LogP contribution < -0.4 is 10.6 Å². The number of pyridine rings is 1. The van der Waals surface area contributed by atoms with Gasteiger partial charge in [0.25, 0.3) is 5.91 Å². The van der Waals surface area contributed by atoms with Crippen molar-refractivity contribution in [3.05, 3.63) is 47.8 Å². The largest absolute Gasteiger partial charge is 0.378 e. The third kappa shape index (κ3) is 5.26. The van der Waals surface area contributed by atoms with E-state index in [0.717, 1.165) is 30.8 Å². The second kappa shape index (κ2) is 10.5. The zero-order chi connectivity index (χ0) is 24.9. The van der Waals surface area contributed by atoms with Gasteiger partial charge in [-0.15, -0.1) is 0 Å². The monoisotopic (exact) mass is 476 g/mol. The highest BCUT2D eigenvalue weighted by Gasteiger charge is 2.28. The molecule has 1 aliphatic heterocycles. The molecule has 2 amide bonds. The minimum absolute atomic E-state index is 0.161. The molecule has 3 aromatic rings. The number of hydrogen-bond donors (Lipinski definition) is 1. The van der Waals surface area contributed by atoms with Crippen molar-refractivity contribution in [1.82, 2.24) is 19.7 Å². The molecule has 182 valence electrons. The smallest absolute Gasteiger partial charge is 0.269 e. The van der Waals surface area contributed by atoms with Crippen LogP contribution in [0.5, 0.6) is 0 Å². The van der Waals surface area contributed by atoms with Crippen molar-refractivity contribution in [3.8, 4) is 17.5 Å². The van der Waals surface area contributed by atoms with Crippen molar-refractivity contribution in [2.45, 2.75) is 18.6 Å². The van der Waals surface area contributed by atoms with E-state index in [0.29, 0.717) is 29.7 Å². The van der Waals surface area contributed by atoms with Gasteiger partial charge in [0.05, 0.1) is 29.1 Å². The number of benzene rings is 1. The van der Waals surface area contributed by atoms with Crippen molar-refractivity contribution in [1.29, 1.82) is 0 Å². The summed E-state index contributed by atoms with van der Waals surface area (Å²) in [5.41, 5.74) is 8.67. The first-order chi connectivity index (χ1) is 16.9. The average Bonchev–Trinajstić information content (AvgIpc) is 3.23.